The number of carbonyl (C=O) groups excluding carboxylic acids is 3. The molecule has 6 atom stereocenters. The number of Topliss-reactive ketones (excluding diaryl/α,β-unsaturated/α-hetero) is 1. The topological polar surface area (TPSA) is 197 Å². The highest BCUT2D eigenvalue weighted by atomic mass is 31.2. The minimum atomic E-state index is -4.84. The van der Waals surface area contributed by atoms with Gasteiger partial charge in [0.2, 0.25) is 0 Å². The van der Waals surface area contributed by atoms with Crippen LogP contribution in [-0.2, 0) is 32.9 Å². The first-order valence-electron chi connectivity index (χ1n) is 20.0. The van der Waals surface area contributed by atoms with Gasteiger partial charge in [0.25, 0.3) is 0 Å². The SMILES string of the molecule is CCCCC[C@H](O)/C=C/[C@@H]1[C@@H](CC(=O)CCCCC(=O)OC[C@H](COP(=O)(O)O)OC(=O)CCCCCCCCCCCCC(C)C)[C@@H](O)C[C@H]1O. The van der Waals surface area contributed by atoms with Crippen LogP contribution in [0.15, 0.2) is 12.2 Å². The van der Waals surface area contributed by atoms with Crippen LogP contribution in [-0.4, -0.2) is 80.5 Å². The second-order valence-electron chi connectivity index (χ2n) is 15.1. The Balaban J connectivity index is 2.34. The van der Waals surface area contributed by atoms with Gasteiger partial charge in [0.05, 0.1) is 24.9 Å². The molecule has 1 aliphatic rings. The molecule has 0 spiro atoms. The van der Waals surface area contributed by atoms with Gasteiger partial charge in [0.1, 0.15) is 12.4 Å². The molecule has 0 heterocycles. The van der Waals surface area contributed by atoms with Gasteiger partial charge in [0.15, 0.2) is 6.10 Å². The molecule has 0 unspecified atom stereocenters. The van der Waals surface area contributed by atoms with E-state index in [2.05, 4.69) is 25.3 Å². The highest BCUT2D eigenvalue weighted by Crippen LogP contribution is 2.37. The summed E-state index contributed by atoms with van der Waals surface area (Å²) in [7, 11) is -4.84. The Kier molecular flexibility index (Phi) is 26.7. The second kappa shape index (κ2) is 28.7. The zero-order valence-electron chi connectivity index (χ0n) is 32.2. The van der Waals surface area contributed by atoms with Crippen molar-refractivity contribution in [2.75, 3.05) is 13.2 Å². The normalized spacial score (nSPS) is 20.4. The quantitative estimate of drug-likeness (QED) is 0.0199. The highest BCUT2D eigenvalue weighted by Gasteiger charge is 2.41. The van der Waals surface area contributed by atoms with Crippen LogP contribution < -0.4 is 0 Å². The maximum Gasteiger partial charge on any atom is 0.469 e. The largest absolute Gasteiger partial charge is 0.469 e. The summed E-state index contributed by atoms with van der Waals surface area (Å²) < 4.78 is 26.2. The maximum absolute atomic E-state index is 12.7. The first-order valence-corrected chi connectivity index (χ1v) is 21.5. The van der Waals surface area contributed by atoms with E-state index in [0.717, 1.165) is 44.4 Å². The van der Waals surface area contributed by atoms with Crippen LogP contribution in [0.3, 0.4) is 0 Å². The van der Waals surface area contributed by atoms with Crippen molar-refractivity contribution in [1.82, 2.24) is 0 Å². The second-order valence-corrected chi connectivity index (χ2v) is 16.3. The van der Waals surface area contributed by atoms with E-state index in [-0.39, 0.29) is 37.9 Å². The molecule has 0 aromatic carbocycles. The van der Waals surface area contributed by atoms with Crippen LogP contribution >= 0.6 is 7.82 Å². The fourth-order valence-corrected chi connectivity index (χ4v) is 6.97. The smallest absolute Gasteiger partial charge is 0.462 e. The molecule has 0 radical (unpaired) electrons. The Bertz CT molecular complexity index is 1040. The number of rotatable bonds is 32. The minimum absolute atomic E-state index is 0.0164. The number of phosphoric acid groups is 1. The van der Waals surface area contributed by atoms with Gasteiger partial charge in [-0.3, -0.25) is 18.9 Å². The summed E-state index contributed by atoms with van der Waals surface area (Å²) >= 11 is 0. The van der Waals surface area contributed by atoms with Gasteiger partial charge >= 0.3 is 19.8 Å². The number of hydrogen-bond donors (Lipinski definition) is 5. The number of hydrogen-bond acceptors (Lipinski definition) is 10. The monoisotopic (exact) mass is 762 g/mol. The number of phosphoric ester groups is 1. The average Bonchev–Trinajstić information content (AvgIpc) is 3.33. The Morgan fingerprint density at radius 1 is 0.750 bits per heavy atom. The first-order chi connectivity index (χ1) is 24.7. The molecule has 1 aliphatic carbocycles. The predicted molar refractivity (Wildman–Crippen MR) is 200 cm³/mol. The van der Waals surface area contributed by atoms with Crippen molar-refractivity contribution in [2.45, 2.75) is 186 Å². The number of aliphatic hydroxyl groups is 3. The molecular weight excluding hydrogens is 691 g/mol. The van der Waals surface area contributed by atoms with E-state index in [1.165, 1.54) is 44.9 Å². The molecule has 0 bridgehead atoms. The third-order valence-electron chi connectivity index (χ3n) is 9.69. The number of ketones is 1. The van der Waals surface area contributed by atoms with Gasteiger partial charge in [-0.25, -0.2) is 4.57 Å². The lowest BCUT2D eigenvalue weighted by atomic mass is 9.87. The molecule has 5 N–H and O–H groups in total. The van der Waals surface area contributed by atoms with Crippen molar-refractivity contribution >= 4 is 25.5 Å². The van der Waals surface area contributed by atoms with Gasteiger partial charge in [0, 0.05) is 43.9 Å². The summed E-state index contributed by atoms with van der Waals surface area (Å²) in [5, 5.41) is 31.1. The Morgan fingerprint density at radius 2 is 1.31 bits per heavy atom. The summed E-state index contributed by atoms with van der Waals surface area (Å²) in [4.78, 5) is 55.7. The summed E-state index contributed by atoms with van der Waals surface area (Å²) in [6.45, 7) is 5.54. The van der Waals surface area contributed by atoms with Crippen molar-refractivity contribution in [1.29, 1.82) is 0 Å². The molecule has 52 heavy (non-hydrogen) atoms. The van der Waals surface area contributed by atoms with E-state index in [9.17, 15) is 34.3 Å². The Labute approximate surface area is 312 Å². The number of ether oxygens (including phenoxy) is 2. The van der Waals surface area contributed by atoms with Crippen LogP contribution in [0.2, 0.25) is 0 Å². The number of unbranched alkanes of at least 4 members (excludes halogenated alkanes) is 12. The number of esters is 2. The Hall–Kier alpha value is -1.66. The molecule has 304 valence electrons. The molecule has 12 nitrogen and oxygen atoms in total. The van der Waals surface area contributed by atoms with E-state index in [1.807, 2.05) is 0 Å². The summed E-state index contributed by atoms with van der Waals surface area (Å²) in [5.74, 6) is -1.38. The molecule has 0 aromatic heterocycles. The maximum atomic E-state index is 12.7. The summed E-state index contributed by atoms with van der Waals surface area (Å²) in [6.07, 6.45) is 17.3. The average molecular weight is 763 g/mol. The van der Waals surface area contributed by atoms with Crippen molar-refractivity contribution in [3.05, 3.63) is 12.2 Å². The molecule has 1 fully saturated rings. The minimum Gasteiger partial charge on any atom is -0.462 e. The predicted octanol–water partition coefficient (Wildman–Crippen LogP) is 7.26. The summed E-state index contributed by atoms with van der Waals surface area (Å²) in [6, 6.07) is 0. The molecule has 0 aromatic rings. The van der Waals surface area contributed by atoms with Gasteiger partial charge in [-0.2, -0.15) is 0 Å². The molecule has 0 aliphatic heterocycles. The van der Waals surface area contributed by atoms with E-state index in [4.69, 9.17) is 19.3 Å². The molecule has 1 saturated carbocycles. The van der Waals surface area contributed by atoms with Crippen LogP contribution in [0.25, 0.3) is 0 Å². The van der Waals surface area contributed by atoms with E-state index < -0.39 is 69.2 Å². The van der Waals surface area contributed by atoms with E-state index in [0.29, 0.717) is 25.7 Å². The van der Waals surface area contributed by atoms with Crippen LogP contribution in [0.5, 0.6) is 0 Å². The lowest BCUT2D eigenvalue weighted by Gasteiger charge is -2.20. The number of carbonyl (C=O) groups is 3. The lowest BCUT2D eigenvalue weighted by molar-refractivity contribution is -0.161. The van der Waals surface area contributed by atoms with Gasteiger partial charge in [-0.05, 0) is 31.6 Å². The van der Waals surface area contributed by atoms with Gasteiger partial charge in [-0.1, -0.05) is 116 Å². The molecule has 13 heteroatoms. The van der Waals surface area contributed by atoms with Crippen LogP contribution in [0, 0.1) is 17.8 Å². The zero-order chi connectivity index (χ0) is 38.8. The molecule has 1 rings (SSSR count). The standard InChI is InChI=1S/C39H71O12P/c1-4-5-14-20-31(40)24-25-34-35(37(43)27-36(34)42)26-32(41)21-17-18-22-38(44)49-28-33(29-50-52(46,47)48)51-39(45)23-16-13-11-9-7-6-8-10-12-15-19-30(2)3/h24-25,30-31,33-37,40,42-43H,4-23,26-29H2,1-3H3,(H2,46,47,48)/b25-24+/t31-,33+,34+,35+,36+,37-/m0/s1. The van der Waals surface area contributed by atoms with Gasteiger partial charge in [-0.15, -0.1) is 0 Å². The summed E-state index contributed by atoms with van der Waals surface area (Å²) in [5.41, 5.74) is 0. The number of aliphatic hydroxyl groups excluding tert-OH is 3. The lowest BCUT2D eigenvalue weighted by Crippen LogP contribution is -2.29. The van der Waals surface area contributed by atoms with Crippen LogP contribution in [0.4, 0.5) is 0 Å². The highest BCUT2D eigenvalue weighted by molar-refractivity contribution is 7.46. The van der Waals surface area contributed by atoms with Crippen molar-refractivity contribution < 1.29 is 58.1 Å². The van der Waals surface area contributed by atoms with Gasteiger partial charge < -0.3 is 34.6 Å². The zero-order valence-corrected chi connectivity index (χ0v) is 33.1. The van der Waals surface area contributed by atoms with E-state index >= 15 is 0 Å². The fraction of sp³-hybridized carbons (Fsp3) is 0.872. The van der Waals surface area contributed by atoms with E-state index in [1.54, 1.807) is 12.2 Å². The van der Waals surface area contributed by atoms with Crippen molar-refractivity contribution in [3.63, 3.8) is 0 Å². The molecule has 0 saturated heterocycles. The van der Waals surface area contributed by atoms with Crippen LogP contribution in [0.1, 0.15) is 162 Å². The van der Waals surface area contributed by atoms with Crippen molar-refractivity contribution in [2.24, 2.45) is 17.8 Å². The molecular formula is C39H71O12P. The third kappa shape index (κ3) is 25.4. The fourth-order valence-electron chi connectivity index (χ4n) is 6.61. The third-order valence-corrected chi connectivity index (χ3v) is 10.2. The van der Waals surface area contributed by atoms with Crippen molar-refractivity contribution in [3.8, 4) is 0 Å². The molecule has 0 amide bonds. The first kappa shape index (κ1) is 48.4. The Morgan fingerprint density at radius 3 is 1.92 bits per heavy atom.